The van der Waals surface area contributed by atoms with Crippen molar-refractivity contribution in [2.24, 2.45) is 0 Å². The molecule has 0 aliphatic carbocycles. The van der Waals surface area contributed by atoms with E-state index in [1.54, 1.807) is 31.3 Å². The van der Waals surface area contributed by atoms with Crippen molar-refractivity contribution in [3.63, 3.8) is 0 Å². The van der Waals surface area contributed by atoms with Crippen molar-refractivity contribution in [3.05, 3.63) is 63.6 Å². The van der Waals surface area contributed by atoms with Crippen LogP contribution >= 0.6 is 23.2 Å². The fourth-order valence-corrected chi connectivity index (χ4v) is 3.39. The highest BCUT2D eigenvalue weighted by molar-refractivity contribution is 6.36. The summed E-state index contributed by atoms with van der Waals surface area (Å²) in [5.74, 6) is 0.0135. The quantitative estimate of drug-likeness (QED) is 0.691. The highest BCUT2D eigenvalue weighted by Gasteiger charge is 2.29. The first-order valence-electron chi connectivity index (χ1n) is 9.00. The second-order valence-electron chi connectivity index (χ2n) is 6.37. The Morgan fingerprint density at radius 1 is 1.14 bits per heavy atom. The molecule has 2 amide bonds. The van der Waals surface area contributed by atoms with Gasteiger partial charge in [-0.2, -0.15) is 0 Å². The van der Waals surface area contributed by atoms with E-state index in [9.17, 15) is 9.59 Å². The fourth-order valence-electron chi connectivity index (χ4n) is 2.87. The first-order chi connectivity index (χ1) is 13.4. The Labute approximate surface area is 175 Å². The number of hydrogen-bond donors (Lipinski definition) is 1. The van der Waals surface area contributed by atoms with Gasteiger partial charge in [-0.1, -0.05) is 48.3 Å². The summed E-state index contributed by atoms with van der Waals surface area (Å²) in [6.45, 7) is 3.70. The van der Waals surface area contributed by atoms with Crippen molar-refractivity contribution < 1.29 is 14.3 Å². The van der Waals surface area contributed by atoms with E-state index in [1.165, 1.54) is 4.90 Å². The van der Waals surface area contributed by atoms with Gasteiger partial charge in [-0.05, 0) is 43.2 Å². The third-order valence-corrected chi connectivity index (χ3v) is 5.08. The molecule has 1 N–H and O–H groups in total. The minimum absolute atomic E-state index is 0.112. The van der Waals surface area contributed by atoms with Gasteiger partial charge in [-0.3, -0.25) is 9.59 Å². The van der Waals surface area contributed by atoms with E-state index < -0.39 is 6.04 Å². The smallest absolute Gasteiger partial charge is 0.261 e. The normalized spacial score (nSPS) is 11.6. The monoisotopic (exact) mass is 422 g/mol. The minimum atomic E-state index is -0.661. The number of nitrogens with zero attached hydrogens (tertiary/aromatic N) is 1. The standard InChI is InChI=1S/C21H24Cl2N2O3/c1-4-19(21(27)24-3)25(12-16-17(22)9-6-10-18(16)23)20(26)13-28-15-8-5-7-14(2)11-15/h5-11,19H,4,12-13H2,1-3H3,(H,24,27). The SMILES string of the molecule is CCC(C(=O)NC)N(Cc1c(Cl)cccc1Cl)C(=O)COc1cccc(C)c1. The second kappa shape index (κ2) is 10.3. The van der Waals surface area contributed by atoms with Crippen LogP contribution in [0, 0.1) is 6.92 Å². The third kappa shape index (κ3) is 5.63. The van der Waals surface area contributed by atoms with E-state index in [0.717, 1.165) is 5.56 Å². The van der Waals surface area contributed by atoms with Crippen molar-refractivity contribution in [2.75, 3.05) is 13.7 Å². The van der Waals surface area contributed by atoms with Gasteiger partial charge < -0.3 is 15.0 Å². The highest BCUT2D eigenvalue weighted by atomic mass is 35.5. The molecule has 28 heavy (non-hydrogen) atoms. The lowest BCUT2D eigenvalue weighted by molar-refractivity contribution is -0.142. The molecule has 0 aromatic heterocycles. The molecule has 0 radical (unpaired) electrons. The number of aryl methyl sites for hydroxylation is 1. The molecule has 0 fully saturated rings. The predicted molar refractivity (Wildman–Crippen MR) is 112 cm³/mol. The summed E-state index contributed by atoms with van der Waals surface area (Å²) in [5.41, 5.74) is 1.62. The molecule has 0 saturated carbocycles. The highest BCUT2D eigenvalue weighted by Crippen LogP contribution is 2.27. The Hall–Kier alpha value is -2.24. The van der Waals surface area contributed by atoms with Gasteiger partial charge in [0.05, 0.1) is 0 Å². The largest absolute Gasteiger partial charge is 0.484 e. The summed E-state index contributed by atoms with van der Waals surface area (Å²) in [6.07, 6.45) is 0.442. The average Bonchev–Trinajstić information content (AvgIpc) is 2.68. The van der Waals surface area contributed by atoms with Gasteiger partial charge in [0.1, 0.15) is 11.8 Å². The minimum Gasteiger partial charge on any atom is -0.484 e. The fraction of sp³-hybridized carbons (Fsp3) is 0.333. The number of ether oxygens (including phenoxy) is 1. The van der Waals surface area contributed by atoms with Gasteiger partial charge in [0.2, 0.25) is 5.91 Å². The van der Waals surface area contributed by atoms with Crippen LogP contribution in [-0.4, -0.2) is 36.4 Å². The number of amides is 2. The number of hydrogen-bond acceptors (Lipinski definition) is 3. The van der Waals surface area contributed by atoms with Gasteiger partial charge >= 0.3 is 0 Å². The van der Waals surface area contributed by atoms with Crippen LogP contribution in [0.5, 0.6) is 5.75 Å². The molecule has 2 aromatic carbocycles. The van der Waals surface area contributed by atoms with E-state index in [4.69, 9.17) is 27.9 Å². The van der Waals surface area contributed by atoms with Crippen molar-refractivity contribution in [3.8, 4) is 5.75 Å². The molecular formula is C21H24Cl2N2O3. The van der Waals surface area contributed by atoms with Crippen LogP contribution in [0.25, 0.3) is 0 Å². The van der Waals surface area contributed by atoms with Crippen LogP contribution in [0.3, 0.4) is 0 Å². The van der Waals surface area contributed by atoms with Crippen LogP contribution < -0.4 is 10.1 Å². The molecule has 0 aliphatic heterocycles. The van der Waals surface area contributed by atoms with E-state index >= 15 is 0 Å². The van der Waals surface area contributed by atoms with Crippen LogP contribution in [0.15, 0.2) is 42.5 Å². The Kier molecular flexibility index (Phi) is 8.15. The molecular weight excluding hydrogens is 399 g/mol. The molecule has 150 valence electrons. The first kappa shape index (κ1) is 22.1. The summed E-state index contributed by atoms with van der Waals surface area (Å²) in [7, 11) is 1.54. The maximum atomic E-state index is 13.0. The molecule has 7 heteroatoms. The zero-order valence-corrected chi connectivity index (χ0v) is 17.7. The number of carbonyl (C=O) groups excluding carboxylic acids is 2. The van der Waals surface area contributed by atoms with E-state index in [0.29, 0.717) is 27.8 Å². The maximum Gasteiger partial charge on any atom is 0.261 e. The molecule has 0 spiro atoms. The molecule has 2 aromatic rings. The van der Waals surface area contributed by atoms with Crippen molar-refractivity contribution in [1.29, 1.82) is 0 Å². The Bertz CT molecular complexity index is 822. The third-order valence-electron chi connectivity index (χ3n) is 4.37. The Morgan fingerprint density at radius 3 is 2.36 bits per heavy atom. The van der Waals surface area contributed by atoms with Gasteiger partial charge in [-0.15, -0.1) is 0 Å². The number of likely N-dealkylation sites (N-methyl/N-ethyl adjacent to an activating group) is 1. The van der Waals surface area contributed by atoms with Gasteiger partial charge in [-0.25, -0.2) is 0 Å². The summed E-state index contributed by atoms with van der Waals surface area (Å²) in [4.78, 5) is 26.8. The molecule has 0 heterocycles. The number of nitrogens with one attached hydrogen (secondary N) is 1. The topological polar surface area (TPSA) is 58.6 Å². The average molecular weight is 423 g/mol. The van der Waals surface area contributed by atoms with E-state index in [-0.39, 0.29) is 25.0 Å². The molecule has 1 unspecified atom stereocenters. The molecule has 0 aliphatic rings. The Morgan fingerprint density at radius 2 is 1.79 bits per heavy atom. The lowest BCUT2D eigenvalue weighted by Gasteiger charge is -2.30. The lowest BCUT2D eigenvalue weighted by Crippen LogP contribution is -2.49. The molecule has 2 rings (SSSR count). The molecule has 5 nitrogen and oxygen atoms in total. The zero-order valence-electron chi connectivity index (χ0n) is 16.2. The van der Waals surface area contributed by atoms with Gasteiger partial charge in [0, 0.05) is 29.2 Å². The molecule has 0 saturated heterocycles. The summed E-state index contributed by atoms with van der Waals surface area (Å²) < 4.78 is 5.65. The van der Waals surface area contributed by atoms with Crippen LogP contribution in [0.1, 0.15) is 24.5 Å². The Balaban J connectivity index is 2.26. The summed E-state index contributed by atoms with van der Waals surface area (Å²) in [5, 5.41) is 3.49. The van der Waals surface area contributed by atoms with E-state index in [1.807, 2.05) is 32.0 Å². The van der Waals surface area contributed by atoms with Crippen LogP contribution in [0.4, 0.5) is 0 Å². The first-order valence-corrected chi connectivity index (χ1v) is 9.76. The van der Waals surface area contributed by atoms with E-state index in [2.05, 4.69) is 5.32 Å². The molecule has 0 bridgehead atoms. The number of halogens is 2. The van der Waals surface area contributed by atoms with Gasteiger partial charge in [0.25, 0.3) is 5.91 Å². The van der Waals surface area contributed by atoms with Crippen LogP contribution in [0.2, 0.25) is 10.0 Å². The predicted octanol–water partition coefficient (Wildman–Crippen LogP) is 4.23. The second-order valence-corrected chi connectivity index (χ2v) is 7.18. The summed E-state index contributed by atoms with van der Waals surface area (Å²) >= 11 is 12.6. The summed E-state index contributed by atoms with van der Waals surface area (Å²) in [6, 6.07) is 11.9. The van der Waals surface area contributed by atoms with Crippen LogP contribution in [-0.2, 0) is 16.1 Å². The van der Waals surface area contributed by atoms with Gasteiger partial charge in [0.15, 0.2) is 6.61 Å². The number of rotatable bonds is 8. The number of benzene rings is 2. The zero-order chi connectivity index (χ0) is 20.7. The molecule has 1 atom stereocenters. The van der Waals surface area contributed by atoms with Crippen molar-refractivity contribution in [2.45, 2.75) is 32.9 Å². The van der Waals surface area contributed by atoms with Crippen molar-refractivity contribution in [1.82, 2.24) is 10.2 Å². The maximum absolute atomic E-state index is 13.0. The number of carbonyl (C=O) groups is 2. The van der Waals surface area contributed by atoms with Crippen molar-refractivity contribution >= 4 is 35.0 Å². The lowest BCUT2D eigenvalue weighted by atomic mass is 10.1.